The fraction of sp³-hybridized carbons (Fsp3) is 0. The lowest BCUT2D eigenvalue weighted by atomic mass is 9.95. The van der Waals surface area contributed by atoms with Crippen molar-refractivity contribution in [2.75, 3.05) is 0 Å². The van der Waals surface area contributed by atoms with Gasteiger partial charge in [-0.25, -0.2) is 9.97 Å². The Kier molecular flexibility index (Phi) is 6.48. The highest BCUT2D eigenvalue weighted by molar-refractivity contribution is 6.10. The van der Waals surface area contributed by atoms with Crippen molar-refractivity contribution in [3.8, 4) is 56.8 Å². The van der Waals surface area contributed by atoms with Crippen LogP contribution in [0.15, 0.2) is 158 Å². The smallest absolute Gasteiger partial charge is 0.161 e. The molecule has 0 aliphatic carbocycles. The summed E-state index contributed by atoms with van der Waals surface area (Å²) < 4.78 is 2.34. The van der Waals surface area contributed by atoms with Gasteiger partial charge in [-0.05, 0) is 23.8 Å². The number of para-hydroxylation sites is 2. The molecule has 0 amide bonds. The third-order valence-corrected chi connectivity index (χ3v) is 8.28. The Hall–Kier alpha value is -6.31. The van der Waals surface area contributed by atoms with Crippen LogP contribution in [0.1, 0.15) is 5.56 Å². The molecule has 0 N–H and O–H groups in total. The Morgan fingerprint density at radius 2 is 0.933 bits per heavy atom. The Morgan fingerprint density at radius 1 is 0.467 bits per heavy atom. The number of nitrogens with zero attached hydrogens (tertiary/aromatic N) is 4. The van der Waals surface area contributed by atoms with Crippen LogP contribution >= 0.6 is 0 Å². The second-order valence-corrected chi connectivity index (χ2v) is 10.9. The summed E-state index contributed by atoms with van der Waals surface area (Å²) in [5.41, 5.74) is 9.68. The first-order valence-electron chi connectivity index (χ1n) is 14.9. The topological polar surface area (TPSA) is 54.5 Å². The van der Waals surface area contributed by atoms with Crippen molar-refractivity contribution < 1.29 is 0 Å². The minimum atomic E-state index is 0.455. The molecule has 4 heteroatoms. The maximum absolute atomic E-state index is 10.5. The van der Waals surface area contributed by atoms with E-state index in [9.17, 15) is 5.26 Å². The van der Waals surface area contributed by atoms with Crippen LogP contribution in [-0.4, -0.2) is 14.5 Å². The second kappa shape index (κ2) is 11.1. The van der Waals surface area contributed by atoms with Gasteiger partial charge in [0.2, 0.25) is 0 Å². The lowest BCUT2D eigenvalue weighted by Crippen LogP contribution is -2.04. The number of aromatic nitrogens is 3. The van der Waals surface area contributed by atoms with Crippen LogP contribution in [0.2, 0.25) is 0 Å². The van der Waals surface area contributed by atoms with E-state index < -0.39 is 0 Å². The lowest BCUT2D eigenvalue weighted by molar-refractivity contribution is 1.15. The summed E-state index contributed by atoms with van der Waals surface area (Å²) in [6.07, 6.45) is 0. The average molecular weight is 575 g/mol. The minimum Gasteiger partial charge on any atom is -0.309 e. The van der Waals surface area contributed by atoms with Crippen molar-refractivity contribution in [2.45, 2.75) is 0 Å². The maximum Gasteiger partial charge on any atom is 0.161 e. The minimum absolute atomic E-state index is 0.455. The van der Waals surface area contributed by atoms with Crippen molar-refractivity contribution >= 4 is 21.8 Å². The van der Waals surface area contributed by atoms with E-state index in [0.29, 0.717) is 22.8 Å². The molecule has 0 aliphatic heterocycles. The van der Waals surface area contributed by atoms with Crippen molar-refractivity contribution in [1.29, 1.82) is 5.26 Å². The van der Waals surface area contributed by atoms with Crippen LogP contribution in [0, 0.1) is 11.3 Å². The average Bonchev–Trinajstić information content (AvgIpc) is 3.46. The first-order valence-corrected chi connectivity index (χ1v) is 14.9. The number of fused-ring (bicyclic) bond motifs is 3. The number of hydrogen-bond acceptors (Lipinski definition) is 3. The summed E-state index contributed by atoms with van der Waals surface area (Å²) in [7, 11) is 0. The van der Waals surface area contributed by atoms with Crippen molar-refractivity contribution in [2.24, 2.45) is 0 Å². The van der Waals surface area contributed by atoms with Gasteiger partial charge in [-0.1, -0.05) is 140 Å². The van der Waals surface area contributed by atoms with Crippen LogP contribution in [-0.2, 0) is 0 Å². The van der Waals surface area contributed by atoms with E-state index >= 15 is 0 Å². The van der Waals surface area contributed by atoms with Crippen molar-refractivity contribution in [3.63, 3.8) is 0 Å². The van der Waals surface area contributed by atoms with Gasteiger partial charge in [0, 0.05) is 33.0 Å². The van der Waals surface area contributed by atoms with Crippen LogP contribution < -0.4 is 0 Å². The Bertz CT molecular complexity index is 2250. The Labute approximate surface area is 261 Å². The highest BCUT2D eigenvalue weighted by Crippen LogP contribution is 2.41. The fourth-order valence-electron chi connectivity index (χ4n) is 6.30. The molecule has 0 spiro atoms. The highest BCUT2D eigenvalue weighted by Gasteiger charge is 2.23. The molecular weight excluding hydrogens is 548 g/mol. The number of hydrogen-bond donors (Lipinski definition) is 0. The van der Waals surface area contributed by atoms with Gasteiger partial charge >= 0.3 is 0 Å². The standard InChI is InChI=1S/C41H26N4/c42-27-34-39(29-17-6-2-7-18-29)43-41(44-40(34)30-19-8-3-9-20-30)33-23-14-26-37(38(33)28-15-4-1-5-16-28)45-35-24-12-10-21-31(35)32-22-11-13-25-36(32)45/h1-26H. The molecule has 8 aromatic rings. The summed E-state index contributed by atoms with van der Waals surface area (Å²) in [6.45, 7) is 0. The highest BCUT2D eigenvalue weighted by atomic mass is 15.0. The summed E-state index contributed by atoms with van der Waals surface area (Å²) >= 11 is 0. The molecule has 6 aromatic carbocycles. The normalized spacial score (nSPS) is 11.1. The third kappa shape index (κ3) is 4.47. The zero-order valence-corrected chi connectivity index (χ0v) is 24.3. The van der Waals surface area contributed by atoms with E-state index in [-0.39, 0.29) is 0 Å². The van der Waals surface area contributed by atoms with E-state index in [1.165, 1.54) is 10.8 Å². The fourth-order valence-corrected chi connectivity index (χ4v) is 6.30. The van der Waals surface area contributed by atoms with Crippen molar-refractivity contribution in [1.82, 2.24) is 14.5 Å². The van der Waals surface area contributed by atoms with Crippen molar-refractivity contribution in [3.05, 3.63) is 163 Å². The van der Waals surface area contributed by atoms with Crippen LogP contribution in [0.3, 0.4) is 0 Å². The molecule has 0 saturated heterocycles. The van der Waals surface area contributed by atoms with Gasteiger partial charge in [-0.3, -0.25) is 0 Å². The molecule has 8 rings (SSSR count). The molecule has 0 saturated carbocycles. The molecule has 2 heterocycles. The Morgan fingerprint density at radius 3 is 1.44 bits per heavy atom. The van der Waals surface area contributed by atoms with Crippen LogP contribution in [0.25, 0.3) is 72.5 Å². The number of rotatable bonds is 5. The summed E-state index contributed by atoms with van der Waals surface area (Å²) in [5.74, 6) is 0.563. The summed E-state index contributed by atoms with van der Waals surface area (Å²) in [6, 6.07) is 56.1. The number of nitriles is 1. The van der Waals surface area contributed by atoms with Gasteiger partial charge in [0.05, 0.1) is 28.1 Å². The molecule has 2 aromatic heterocycles. The summed E-state index contributed by atoms with van der Waals surface area (Å²) in [5, 5.41) is 12.9. The summed E-state index contributed by atoms with van der Waals surface area (Å²) in [4.78, 5) is 10.3. The van der Waals surface area contributed by atoms with Gasteiger partial charge < -0.3 is 4.57 Å². The van der Waals surface area contributed by atoms with E-state index in [2.05, 4.69) is 102 Å². The predicted molar refractivity (Wildman–Crippen MR) is 183 cm³/mol. The third-order valence-electron chi connectivity index (χ3n) is 8.28. The molecule has 45 heavy (non-hydrogen) atoms. The van der Waals surface area contributed by atoms with E-state index in [1.54, 1.807) is 0 Å². The Balaban J connectivity index is 1.49. The lowest BCUT2D eigenvalue weighted by Gasteiger charge is -2.19. The van der Waals surface area contributed by atoms with Gasteiger partial charge in [0.15, 0.2) is 5.82 Å². The molecule has 0 fully saturated rings. The van der Waals surface area contributed by atoms with Crippen LogP contribution in [0.5, 0.6) is 0 Å². The molecule has 0 unspecified atom stereocenters. The SMILES string of the molecule is N#Cc1c(-c2ccccc2)nc(-c2cccc(-n3c4ccccc4c4ccccc43)c2-c2ccccc2)nc1-c1ccccc1. The molecule has 4 nitrogen and oxygen atoms in total. The molecule has 0 radical (unpaired) electrons. The van der Waals surface area contributed by atoms with E-state index in [4.69, 9.17) is 9.97 Å². The maximum atomic E-state index is 10.5. The first kappa shape index (κ1) is 26.3. The van der Waals surface area contributed by atoms with Gasteiger partial charge in [0.25, 0.3) is 0 Å². The number of benzene rings is 6. The van der Waals surface area contributed by atoms with Crippen LogP contribution in [0.4, 0.5) is 0 Å². The van der Waals surface area contributed by atoms with Gasteiger partial charge in [0.1, 0.15) is 11.6 Å². The predicted octanol–water partition coefficient (Wildman–Crippen LogP) is 10.1. The zero-order valence-electron chi connectivity index (χ0n) is 24.3. The molecule has 0 atom stereocenters. The zero-order chi connectivity index (χ0) is 30.2. The quantitative estimate of drug-likeness (QED) is 0.205. The molecule has 210 valence electrons. The largest absolute Gasteiger partial charge is 0.309 e. The van der Waals surface area contributed by atoms with E-state index in [1.807, 2.05) is 66.7 Å². The van der Waals surface area contributed by atoms with E-state index in [0.717, 1.165) is 44.5 Å². The van der Waals surface area contributed by atoms with Gasteiger partial charge in [-0.15, -0.1) is 0 Å². The van der Waals surface area contributed by atoms with Gasteiger partial charge in [-0.2, -0.15) is 5.26 Å². The second-order valence-electron chi connectivity index (χ2n) is 10.9. The molecular formula is C41H26N4. The first-order chi connectivity index (χ1) is 22.3. The molecule has 0 bridgehead atoms. The molecule has 0 aliphatic rings. The monoisotopic (exact) mass is 574 g/mol.